The first-order chi connectivity index (χ1) is 11.2. The molecule has 1 aliphatic heterocycles. The number of hydrogen-bond donors (Lipinski definition) is 2. The predicted octanol–water partition coefficient (Wildman–Crippen LogP) is 1.86. The average Bonchev–Trinajstić information content (AvgIpc) is 3.02. The Hall–Kier alpha value is -1.67. The summed E-state index contributed by atoms with van der Waals surface area (Å²) in [5.41, 5.74) is 7.16. The van der Waals surface area contributed by atoms with Crippen LogP contribution in [0.3, 0.4) is 0 Å². The van der Waals surface area contributed by atoms with E-state index in [9.17, 15) is 4.79 Å². The number of aromatic nitrogens is 3. The van der Waals surface area contributed by atoms with Gasteiger partial charge in [0.05, 0.1) is 12.6 Å². The van der Waals surface area contributed by atoms with Crippen molar-refractivity contribution in [3.8, 4) is 0 Å². The summed E-state index contributed by atoms with van der Waals surface area (Å²) < 4.78 is 7.07. The topological polar surface area (TPSA) is 95.1 Å². The van der Waals surface area contributed by atoms with E-state index < -0.39 is 6.04 Å². The van der Waals surface area contributed by atoms with E-state index in [2.05, 4.69) is 15.4 Å². The Morgan fingerprint density at radius 1 is 1.28 bits per heavy atom. The van der Waals surface area contributed by atoms with Crippen molar-refractivity contribution in [2.24, 2.45) is 11.7 Å². The van der Waals surface area contributed by atoms with Crippen molar-refractivity contribution in [2.75, 3.05) is 18.5 Å². The van der Waals surface area contributed by atoms with Crippen LogP contribution < -0.4 is 11.1 Å². The third-order valence-electron chi connectivity index (χ3n) is 4.06. The summed E-state index contributed by atoms with van der Waals surface area (Å²) in [6.07, 6.45) is 6.97. The van der Waals surface area contributed by atoms with Gasteiger partial charge in [-0.2, -0.15) is 5.10 Å². The molecule has 1 aliphatic rings. The van der Waals surface area contributed by atoms with Gasteiger partial charge in [0.15, 0.2) is 5.82 Å². The lowest BCUT2D eigenvalue weighted by Crippen LogP contribution is -2.44. The SMILES string of the molecule is Cl.Cl.NC(C(=O)Nc1ccn(Cc2ccncc2)n1)C1CCOCC1. The van der Waals surface area contributed by atoms with Crippen LogP contribution in [0.15, 0.2) is 36.8 Å². The Bertz CT molecular complexity index is 647. The van der Waals surface area contributed by atoms with E-state index in [-0.39, 0.29) is 36.6 Å². The second kappa shape index (κ2) is 10.4. The van der Waals surface area contributed by atoms with Crippen LogP contribution in [0.1, 0.15) is 18.4 Å². The molecular weight excluding hydrogens is 365 g/mol. The first-order valence-electron chi connectivity index (χ1n) is 7.79. The number of nitrogens with zero attached hydrogens (tertiary/aromatic N) is 3. The van der Waals surface area contributed by atoms with Gasteiger partial charge in [0.2, 0.25) is 5.91 Å². The summed E-state index contributed by atoms with van der Waals surface area (Å²) in [6, 6.07) is 5.11. The molecule has 7 nitrogen and oxygen atoms in total. The summed E-state index contributed by atoms with van der Waals surface area (Å²) >= 11 is 0. The zero-order valence-electron chi connectivity index (χ0n) is 13.7. The van der Waals surface area contributed by atoms with Crippen LogP contribution in [-0.2, 0) is 16.1 Å². The molecule has 3 N–H and O–H groups in total. The number of amides is 1. The summed E-state index contributed by atoms with van der Waals surface area (Å²) in [4.78, 5) is 16.2. The standard InChI is InChI=1S/C16H21N5O2.2ClH/c17-15(13-4-9-23-10-5-13)16(22)19-14-3-8-21(20-14)11-12-1-6-18-7-2-12;;/h1-3,6-8,13,15H,4-5,9-11,17H2,(H,19,20,22);2*1H. The molecule has 3 heterocycles. The molecule has 0 radical (unpaired) electrons. The van der Waals surface area contributed by atoms with Gasteiger partial charge in [-0.1, -0.05) is 0 Å². The van der Waals surface area contributed by atoms with Gasteiger partial charge >= 0.3 is 0 Å². The predicted molar refractivity (Wildman–Crippen MR) is 100 cm³/mol. The maximum absolute atomic E-state index is 12.2. The Morgan fingerprint density at radius 2 is 1.96 bits per heavy atom. The highest BCUT2D eigenvalue weighted by Gasteiger charge is 2.26. The largest absolute Gasteiger partial charge is 0.381 e. The molecule has 0 bridgehead atoms. The van der Waals surface area contributed by atoms with E-state index in [0.717, 1.165) is 18.4 Å². The third-order valence-corrected chi connectivity index (χ3v) is 4.06. The van der Waals surface area contributed by atoms with Gasteiger partial charge in [0.25, 0.3) is 0 Å². The zero-order valence-corrected chi connectivity index (χ0v) is 15.3. The maximum Gasteiger partial charge on any atom is 0.242 e. The van der Waals surface area contributed by atoms with Crippen molar-refractivity contribution in [1.82, 2.24) is 14.8 Å². The highest BCUT2D eigenvalue weighted by Crippen LogP contribution is 2.18. The Morgan fingerprint density at radius 3 is 2.64 bits per heavy atom. The van der Waals surface area contributed by atoms with Gasteiger partial charge in [0, 0.05) is 37.9 Å². The van der Waals surface area contributed by atoms with Crippen molar-refractivity contribution < 1.29 is 9.53 Å². The molecule has 1 atom stereocenters. The summed E-state index contributed by atoms with van der Waals surface area (Å²) in [5, 5.41) is 7.15. The van der Waals surface area contributed by atoms with Crippen LogP contribution in [0.4, 0.5) is 5.82 Å². The molecule has 0 spiro atoms. The fourth-order valence-electron chi connectivity index (χ4n) is 2.69. The molecule has 0 aromatic carbocycles. The first-order valence-corrected chi connectivity index (χ1v) is 7.79. The van der Waals surface area contributed by atoms with Crippen LogP contribution in [0.2, 0.25) is 0 Å². The molecule has 9 heteroatoms. The number of carbonyl (C=O) groups is 1. The van der Waals surface area contributed by atoms with Gasteiger partial charge in [-0.15, -0.1) is 24.8 Å². The Labute approximate surface area is 159 Å². The van der Waals surface area contributed by atoms with Crippen molar-refractivity contribution in [2.45, 2.75) is 25.4 Å². The fourth-order valence-corrected chi connectivity index (χ4v) is 2.69. The van der Waals surface area contributed by atoms with Crippen LogP contribution in [0.25, 0.3) is 0 Å². The van der Waals surface area contributed by atoms with Crippen molar-refractivity contribution in [3.05, 3.63) is 42.4 Å². The molecule has 0 saturated carbocycles. The van der Waals surface area contributed by atoms with Crippen molar-refractivity contribution in [1.29, 1.82) is 0 Å². The minimum absolute atomic E-state index is 0. The number of carbonyl (C=O) groups excluding carboxylic acids is 1. The highest BCUT2D eigenvalue weighted by atomic mass is 35.5. The van der Waals surface area contributed by atoms with Gasteiger partial charge in [-0.05, 0) is 36.5 Å². The third kappa shape index (κ3) is 5.97. The van der Waals surface area contributed by atoms with Gasteiger partial charge in [-0.3, -0.25) is 14.5 Å². The van der Waals surface area contributed by atoms with E-state index in [1.54, 1.807) is 23.1 Å². The van der Waals surface area contributed by atoms with Crippen molar-refractivity contribution >= 4 is 36.5 Å². The van der Waals surface area contributed by atoms with Gasteiger partial charge < -0.3 is 15.8 Å². The molecule has 1 fully saturated rings. The Kier molecular flexibility index (Phi) is 8.85. The number of anilines is 1. The number of halogens is 2. The van der Waals surface area contributed by atoms with Gasteiger partial charge in [-0.25, -0.2) is 0 Å². The van der Waals surface area contributed by atoms with E-state index in [4.69, 9.17) is 10.5 Å². The van der Waals surface area contributed by atoms with E-state index >= 15 is 0 Å². The second-order valence-corrected chi connectivity index (χ2v) is 5.72. The zero-order chi connectivity index (χ0) is 16.1. The molecular formula is C16H23Cl2N5O2. The average molecular weight is 388 g/mol. The summed E-state index contributed by atoms with van der Waals surface area (Å²) in [5.74, 6) is 0.500. The number of pyridine rings is 1. The number of rotatable bonds is 5. The lowest BCUT2D eigenvalue weighted by Gasteiger charge is -2.26. The number of nitrogens with two attached hydrogens (primary N) is 1. The van der Waals surface area contributed by atoms with E-state index in [1.165, 1.54) is 0 Å². The van der Waals surface area contributed by atoms with Crippen LogP contribution in [0.5, 0.6) is 0 Å². The van der Waals surface area contributed by atoms with Crippen LogP contribution >= 0.6 is 24.8 Å². The molecule has 3 rings (SSSR count). The van der Waals surface area contributed by atoms with E-state index in [1.807, 2.05) is 18.3 Å². The minimum Gasteiger partial charge on any atom is -0.381 e. The molecule has 1 amide bonds. The molecule has 1 unspecified atom stereocenters. The number of hydrogen-bond acceptors (Lipinski definition) is 5. The first kappa shape index (κ1) is 21.4. The summed E-state index contributed by atoms with van der Waals surface area (Å²) in [7, 11) is 0. The smallest absolute Gasteiger partial charge is 0.242 e. The molecule has 138 valence electrons. The summed E-state index contributed by atoms with van der Waals surface area (Å²) in [6.45, 7) is 1.98. The van der Waals surface area contributed by atoms with Crippen LogP contribution in [-0.4, -0.2) is 39.9 Å². The van der Waals surface area contributed by atoms with Crippen molar-refractivity contribution in [3.63, 3.8) is 0 Å². The fraction of sp³-hybridized carbons (Fsp3) is 0.438. The number of nitrogens with one attached hydrogen (secondary N) is 1. The lowest BCUT2D eigenvalue weighted by molar-refractivity contribution is -0.119. The normalized spacial score (nSPS) is 15.6. The molecule has 25 heavy (non-hydrogen) atoms. The Balaban J connectivity index is 0.00000156. The van der Waals surface area contributed by atoms with Gasteiger partial charge in [0.1, 0.15) is 0 Å². The number of ether oxygens (including phenoxy) is 1. The highest BCUT2D eigenvalue weighted by molar-refractivity contribution is 5.94. The molecule has 0 aliphatic carbocycles. The van der Waals surface area contributed by atoms with E-state index in [0.29, 0.717) is 25.6 Å². The minimum atomic E-state index is -0.524. The molecule has 1 saturated heterocycles. The monoisotopic (exact) mass is 387 g/mol. The second-order valence-electron chi connectivity index (χ2n) is 5.72. The maximum atomic E-state index is 12.2. The quantitative estimate of drug-likeness (QED) is 0.816. The molecule has 2 aromatic rings. The lowest BCUT2D eigenvalue weighted by atomic mass is 9.92. The van der Waals surface area contributed by atoms with Crippen LogP contribution in [0, 0.1) is 5.92 Å². The molecule has 2 aromatic heterocycles.